The summed E-state index contributed by atoms with van der Waals surface area (Å²) in [7, 11) is 0. The number of hydrogen-bond acceptors (Lipinski definition) is 3. The third-order valence-electron chi connectivity index (χ3n) is 3.42. The van der Waals surface area contributed by atoms with E-state index in [1.54, 1.807) is 0 Å². The molecule has 1 heterocycles. The van der Waals surface area contributed by atoms with Gasteiger partial charge in [-0.15, -0.1) is 0 Å². The minimum absolute atomic E-state index is 0.574. The van der Waals surface area contributed by atoms with Crippen LogP contribution >= 0.6 is 0 Å². The molecule has 105 valence electrons. The van der Waals surface area contributed by atoms with E-state index >= 15 is 0 Å². The van der Waals surface area contributed by atoms with Gasteiger partial charge in [-0.2, -0.15) is 5.10 Å². The Bertz CT molecular complexity index is 564. The first-order valence-corrected chi connectivity index (χ1v) is 7.18. The van der Waals surface area contributed by atoms with Gasteiger partial charge in [0.05, 0.1) is 24.5 Å². The lowest BCUT2D eigenvalue weighted by atomic mass is 10.0. The molecule has 0 aliphatic heterocycles. The molecule has 1 aromatic heterocycles. The predicted octanol–water partition coefficient (Wildman–Crippen LogP) is 3.55. The average molecular weight is 271 g/mol. The standard InChI is InChI=1S/C16H19N2O2/c1-3-19-13-6-5-7-14(20-4-2)15(13)12-10-17-18-16(12)11-8-9-11/h6-7,10-11H,3-4,8-9H2,1-2H3,(H,17,18). The van der Waals surface area contributed by atoms with E-state index in [1.807, 2.05) is 32.2 Å². The normalized spacial score (nSPS) is 14.3. The minimum Gasteiger partial charge on any atom is -0.493 e. The number of hydrogen-bond donors (Lipinski definition) is 1. The molecule has 1 aliphatic rings. The van der Waals surface area contributed by atoms with Gasteiger partial charge in [0.25, 0.3) is 0 Å². The van der Waals surface area contributed by atoms with Crippen molar-refractivity contribution in [1.29, 1.82) is 0 Å². The van der Waals surface area contributed by atoms with Crippen LogP contribution in [0.4, 0.5) is 0 Å². The fraction of sp³-hybridized carbons (Fsp3) is 0.438. The highest BCUT2D eigenvalue weighted by molar-refractivity contribution is 5.78. The number of benzene rings is 1. The molecular weight excluding hydrogens is 252 g/mol. The van der Waals surface area contributed by atoms with E-state index in [0.29, 0.717) is 19.1 Å². The highest BCUT2D eigenvalue weighted by Gasteiger charge is 2.30. The van der Waals surface area contributed by atoms with Crippen molar-refractivity contribution in [3.8, 4) is 22.6 Å². The fourth-order valence-corrected chi connectivity index (χ4v) is 2.43. The van der Waals surface area contributed by atoms with E-state index in [-0.39, 0.29) is 0 Å². The molecule has 1 saturated carbocycles. The summed E-state index contributed by atoms with van der Waals surface area (Å²) in [5.74, 6) is 2.19. The minimum atomic E-state index is 0.574. The largest absolute Gasteiger partial charge is 0.493 e. The Morgan fingerprint density at radius 2 is 1.85 bits per heavy atom. The van der Waals surface area contributed by atoms with Crippen LogP contribution in [0.3, 0.4) is 0 Å². The molecule has 2 aromatic rings. The Kier molecular flexibility index (Phi) is 3.63. The zero-order valence-corrected chi connectivity index (χ0v) is 11.9. The Balaban J connectivity index is 2.10. The first-order valence-electron chi connectivity index (χ1n) is 7.18. The quantitative estimate of drug-likeness (QED) is 0.874. The number of ether oxygens (including phenoxy) is 2. The van der Waals surface area contributed by atoms with Crippen molar-refractivity contribution in [1.82, 2.24) is 10.2 Å². The van der Waals surface area contributed by atoms with Crippen molar-refractivity contribution in [2.45, 2.75) is 32.6 Å². The summed E-state index contributed by atoms with van der Waals surface area (Å²) >= 11 is 0. The van der Waals surface area contributed by atoms with Crippen LogP contribution in [0.2, 0.25) is 0 Å². The molecule has 4 nitrogen and oxygen atoms in total. The number of nitrogens with one attached hydrogen (secondary N) is 1. The second kappa shape index (κ2) is 5.57. The SMILES string of the molecule is CCOc1c[c]cc(OCC)c1-c1c[nH]nc1C1CC1. The molecule has 0 saturated heterocycles. The van der Waals surface area contributed by atoms with Crippen molar-refractivity contribution >= 4 is 0 Å². The van der Waals surface area contributed by atoms with Gasteiger partial charge in [0, 0.05) is 17.7 Å². The van der Waals surface area contributed by atoms with Gasteiger partial charge in [0.1, 0.15) is 11.5 Å². The first kappa shape index (κ1) is 13.0. The van der Waals surface area contributed by atoms with Crippen molar-refractivity contribution < 1.29 is 9.47 Å². The van der Waals surface area contributed by atoms with Gasteiger partial charge in [-0.05, 0) is 44.9 Å². The van der Waals surface area contributed by atoms with E-state index in [0.717, 1.165) is 28.3 Å². The van der Waals surface area contributed by atoms with Crippen molar-refractivity contribution in [3.05, 3.63) is 30.1 Å². The second-order valence-corrected chi connectivity index (χ2v) is 4.88. The zero-order valence-electron chi connectivity index (χ0n) is 11.9. The molecule has 0 atom stereocenters. The highest BCUT2D eigenvalue weighted by atomic mass is 16.5. The van der Waals surface area contributed by atoms with Crippen LogP contribution in [-0.2, 0) is 0 Å². The van der Waals surface area contributed by atoms with E-state index in [4.69, 9.17) is 9.47 Å². The molecule has 1 aromatic carbocycles. The highest BCUT2D eigenvalue weighted by Crippen LogP contribution is 2.47. The summed E-state index contributed by atoms with van der Waals surface area (Å²) in [5, 5.41) is 7.40. The molecular formula is C16H19N2O2. The van der Waals surface area contributed by atoms with Gasteiger partial charge < -0.3 is 9.47 Å². The number of H-pyrrole nitrogens is 1. The van der Waals surface area contributed by atoms with Gasteiger partial charge in [0.2, 0.25) is 0 Å². The summed E-state index contributed by atoms with van der Waals surface area (Å²) in [6, 6.07) is 6.82. The molecule has 1 fully saturated rings. The van der Waals surface area contributed by atoms with Gasteiger partial charge in [-0.3, -0.25) is 5.10 Å². The summed E-state index contributed by atoms with van der Waals surface area (Å²) < 4.78 is 11.5. The molecule has 1 N–H and O–H groups in total. The molecule has 0 amide bonds. The predicted molar refractivity (Wildman–Crippen MR) is 77.2 cm³/mol. The molecule has 4 heteroatoms. The first-order chi connectivity index (χ1) is 9.85. The summed E-state index contributed by atoms with van der Waals surface area (Å²) in [4.78, 5) is 0. The smallest absolute Gasteiger partial charge is 0.131 e. The second-order valence-electron chi connectivity index (χ2n) is 4.88. The van der Waals surface area contributed by atoms with E-state index < -0.39 is 0 Å². The third-order valence-corrected chi connectivity index (χ3v) is 3.42. The van der Waals surface area contributed by atoms with Crippen LogP contribution in [0.15, 0.2) is 18.3 Å². The third kappa shape index (κ3) is 2.38. The van der Waals surface area contributed by atoms with Crippen LogP contribution in [-0.4, -0.2) is 23.4 Å². The summed E-state index contributed by atoms with van der Waals surface area (Å²) in [6.07, 6.45) is 4.36. The van der Waals surface area contributed by atoms with Crippen LogP contribution in [0.25, 0.3) is 11.1 Å². The zero-order chi connectivity index (χ0) is 13.9. The van der Waals surface area contributed by atoms with E-state index in [2.05, 4.69) is 16.3 Å². The molecule has 1 radical (unpaired) electrons. The van der Waals surface area contributed by atoms with Crippen molar-refractivity contribution in [3.63, 3.8) is 0 Å². The fourth-order valence-electron chi connectivity index (χ4n) is 2.43. The number of aromatic amines is 1. The maximum Gasteiger partial charge on any atom is 0.131 e. The number of nitrogens with zero attached hydrogens (tertiary/aromatic N) is 1. The maximum absolute atomic E-state index is 5.75. The summed E-state index contributed by atoms with van der Waals surface area (Å²) in [5.41, 5.74) is 3.20. The van der Waals surface area contributed by atoms with Crippen LogP contribution < -0.4 is 9.47 Å². The van der Waals surface area contributed by atoms with Crippen LogP contribution in [0, 0.1) is 6.07 Å². The summed E-state index contributed by atoms with van der Waals surface area (Å²) in [6.45, 7) is 5.20. The van der Waals surface area contributed by atoms with Gasteiger partial charge in [-0.25, -0.2) is 0 Å². The molecule has 0 bridgehead atoms. The molecule has 20 heavy (non-hydrogen) atoms. The Labute approximate surface area is 119 Å². The maximum atomic E-state index is 5.75. The van der Waals surface area contributed by atoms with Crippen molar-refractivity contribution in [2.75, 3.05) is 13.2 Å². The van der Waals surface area contributed by atoms with Crippen molar-refractivity contribution in [2.24, 2.45) is 0 Å². The average Bonchev–Trinajstić information content (AvgIpc) is 3.18. The Morgan fingerprint density at radius 3 is 2.40 bits per heavy atom. The number of rotatable bonds is 6. The molecule has 3 rings (SSSR count). The van der Waals surface area contributed by atoms with Crippen LogP contribution in [0.1, 0.15) is 38.3 Å². The van der Waals surface area contributed by atoms with Crippen LogP contribution in [0.5, 0.6) is 11.5 Å². The number of aromatic nitrogens is 2. The topological polar surface area (TPSA) is 47.1 Å². The Hall–Kier alpha value is -1.97. The van der Waals surface area contributed by atoms with E-state index in [9.17, 15) is 0 Å². The van der Waals surface area contributed by atoms with Gasteiger partial charge in [-0.1, -0.05) is 0 Å². The molecule has 1 aliphatic carbocycles. The lowest BCUT2D eigenvalue weighted by Gasteiger charge is -2.15. The molecule has 0 spiro atoms. The molecule has 0 unspecified atom stereocenters. The monoisotopic (exact) mass is 271 g/mol. The van der Waals surface area contributed by atoms with Gasteiger partial charge in [0.15, 0.2) is 0 Å². The van der Waals surface area contributed by atoms with E-state index in [1.165, 1.54) is 12.8 Å². The Morgan fingerprint density at radius 1 is 1.20 bits per heavy atom. The van der Waals surface area contributed by atoms with Gasteiger partial charge >= 0.3 is 0 Å². The lowest BCUT2D eigenvalue weighted by Crippen LogP contribution is -1.99. The lowest BCUT2D eigenvalue weighted by molar-refractivity contribution is 0.325.